The van der Waals surface area contributed by atoms with Crippen molar-refractivity contribution >= 4 is 63.4 Å². The van der Waals surface area contributed by atoms with E-state index in [1.807, 2.05) is 18.2 Å². The molecule has 9 N–H and O–H groups in total. The largest absolute Gasteiger partial charge is 0.422 e. The Kier molecular flexibility index (Phi) is 27.5. The number of nitrogens with one attached hydrogen (secondary N) is 3. The minimum atomic E-state index is -1.06. The molecule has 1 aromatic heterocycles. The van der Waals surface area contributed by atoms with Gasteiger partial charge in [0, 0.05) is 98.8 Å². The quantitative estimate of drug-likeness (QED) is 0.00703. The number of likely N-dealkylation sites (tertiary alicyclic amines) is 1. The summed E-state index contributed by atoms with van der Waals surface area (Å²) < 4.78 is 17.5. The maximum absolute atomic E-state index is 14.6. The van der Waals surface area contributed by atoms with Gasteiger partial charge in [-0.1, -0.05) is 81.1 Å². The third-order valence-corrected chi connectivity index (χ3v) is 18.4. The number of hydroxylamine groups is 2. The number of unbranched alkanes of at least 4 members (excludes halogenated alkanes) is 12. The molecule has 3 aliphatic carbocycles. The Balaban J connectivity index is 0.922. The molecular weight excluding hydrogens is 1210 g/mol. The second kappa shape index (κ2) is 36.0. The van der Waals surface area contributed by atoms with Gasteiger partial charge in [-0.25, -0.2) is 14.7 Å². The zero-order chi connectivity index (χ0) is 67.9. The number of carbonyl (C=O) groups is 6. The molecule has 95 heavy (non-hydrogen) atoms. The maximum atomic E-state index is 14.6. The van der Waals surface area contributed by atoms with Gasteiger partial charge in [0.1, 0.15) is 6.04 Å². The fourth-order valence-electron chi connectivity index (χ4n) is 13.3. The number of benzene rings is 4. The van der Waals surface area contributed by atoms with Gasteiger partial charge in [0.2, 0.25) is 23.6 Å². The van der Waals surface area contributed by atoms with Crippen molar-refractivity contribution < 1.29 is 47.5 Å². The lowest BCUT2D eigenvalue weighted by molar-refractivity contribution is -0.186. The number of aryl methyl sites for hydroxylation is 1. The topological polar surface area (TPSA) is 355 Å². The predicted molar refractivity (Wildman–Crippen MR) is 364 cm³/mol. The molecule has 25 nitrogen and oxygen atoms in total. The van der Waals surface area contributed by atoms with E-state index in [0.29, 0.717) is 62.4 Å². The summed E-state index contributed by atoms with van der Waals surface area (Å²) in [5.41, 5.74) is 32.6. The van der Waals surface area contributed by atoms with Gasteiger partial charge in [0.05, 0.1) is 50.0 Å². The smallest absolute Gasteiger partial charge is 0.377 e. The second-order valence-corrected chi connectivity index (χ2v) is 25.0. The molecule has 0 saturated carbocycles. The molecule has 0 radical (unpaired) electrons. The van der Waals surface area contributed by atoms with Gasteiger partial charge in [-0.15, -0.1) is 0 Å². The van der Waals surface area contributed by atoms with Gasteiger partial charge in [-0.05, 0) is 165 Å². The van der Waals surface area contributed by atoms with E-state index in [1.54, 1.807) is 11.9 Å². The van der Waals surface area contributed by atoms with Crippen LogP contribution >= 0.6 is 0 Å². The zero-order valence-corrected chi connectivity index (χ0v) is 55.3. The molecule has 2 heterocycles. The molecule has 0 spiro atoms. The fraction of sp³-hybridized carbons (Fsp3) is 0.543. The van der Waals surface area contributed by atoms with Crippen LogP contribution in [0.3, 0.4) is 0 Å². The third-order valence-electron chi connectivity index (χ3n) is 18.4. The monoisotopic (exact) mass is 1310 g/mol. The summed E-state index contributed by atoms with van der Waals surface area (Å²) in [4.78, 5) is 119. The molecule has 1 fully saturated rings. The number of carbonyl (C=O) groups excluding carboxylic acids is 6. The van der Waals surface area contributed by atoms with Gasteiger partial charge in [0.25, 0.3) is 11.8 Å². The molecule has 4 aliphatic rings. The predicted octanol–water partition coefficient (Wildman–Crippen LogP) is 8.60. The molecule has 512 valence electrons. The van der Waals surface area contributed by atoms with Crippen molar-refractivity contribution in [1.29, 1.82) is 0 Å². The van der Waals surface area contributed by atoms with Crippen LogP contribution in [0.25, 0.3) is 21.3 Å². The average molecular weight is 1310 g/mol. The van der Waals surface area contributed by atoms with Crippen molar-refractivity contribution in [2.75, 3.05) is 95.8 Å². The standard InChI is InChI=1S/C70H95N13O12/c1-80(35-36-92-37-38-93-39-40-94-82(3)67(89)60-45-51(78-79-74)46-83(60)66(88)47-22-26-55-59(41-47)81(2)69(91)95-68(55)90)64(87)30-31-70-56-42-48(75-61(84)19-13-7-4-10-16-32-71)23-27-52(56)65(53-28-24-49(43-57(53)70)76-62(85)20-14-8-5-11-17-33-72)54-29-25-50(44-58(54)70)77-63(86)21-15-9-6-12-18-34-73/h22-29,41-44,51,60,65H,4-21,30-40,45-46,71-73H2,1-3H3,(H,75,84)(H,76,85)(H,77,86)/t51-,60?,65?,70?/m0/s1. The first-order chi connectivity index (χ1) is 46.0. The number of hydrogen-bond donors (Lipinski definition) is 6. The summed E-state index contributed by atoms with van der Waals surface area (Å²) in [5.74, 6) is -2.68. The molecule has 6 amide bonds. The highest BCUT2D eigenvalue weighted by molar-refractivity contribution is 6.00. The van der Waals surface area contributed by atoms with Crippen molar-refractivity contribution in [3.8, 4) is 0 Å². The number of ether oxygens (including phenoxy) is 2. The summed E-state index contributed by atoms with van der Waals surface area (Å²) in [6.45, 7) is 2.76. The molecule has 2 atom stereocenters. The van der Waals surface area contributed by atoms with E-state index in [-0.39, 0.29) is 105 Å². The Labute approximate surface area is 554 Å². The van der Waals surface area contributed by atoms with Gasteiger partial charge in [-0.3, -0.25) is 38.2 Å². The lowest BCUT2D eigenvalue weighted by atomic mass is 9.51. The normalized spacial score (nSPS) is 16.6. The van der Waals surface area contributed by atoms with E-state index in [2.05, 4.69) is 62.4 Å². The molecule has 9 rings (SSSR count). The molecule has 5 aromatic rings. The third kappa shape index (κ3) is 18.8. The Morgan fingerprint density at radius 3 is 1.60 bits per heavy atom. The maximum Gasteiger partial charge on any atom is 0.422 e. The van der Waals surface area contributed by atoms with Crippen LogP contribution in [0.1, 0.15) is 184 Å². The van der Waals surface area contributed by atoms with Crippen molar-refractivity contribution in [2.45, 2.75) is 158 Å². The van der Waals surface area contributed by atoms with Crippen molar-refractivity contribution in [3.63, 3.8) is 0 Å². The number of aromatic nitrogens is 1. The molecule has 1 saturated heterocycles. The molecule has 1 unspecified atom stereocenters. The molecule has 1 aliphatic heterocycles. The van der Waals surface area contributed by atoms with Crippen LogP contribution in [0.4, 0.5) is 17.1 Å². The highest BCUT2D eigenvalue weighted by Crippen LogP contribution is 2.62. The highest BCUT2D eigenvalue weighted by Gasteiger charge is 2.52. The van der Waals surface area contributed by atoms with E-state index in [1.165, 1.54) is 37.2 Å². The van der Waals surface area contributed by atoms with Crippen LogP contribution < -0.4 is 44.5 Å². The number of nitrogens with zero attached hydrogens (tertiary/aromatic N) is 7. The minimum absolute atomic E-state index is 0.0334. The highest BCUT2D eigenvalue weighted by atomic mass is 16.7. The Bertz CT molecular complexity index is 3460. The number of likely N-dealkylation sites (N-methyl/N-ethyl adjacent to an activating group) is 2. The van der Waals surface area contributed by atoms with E-state index in [9.17, 15) is 43.9 Å². The van der Waals surface area contributed by atoms with Gasteiger partial charge < -0.3 is 56.8 Å². The zero-order valence-electron chi connectivity index (χ0n) is 55.3. The molecule has 4 aromatic carbocycles. The Hall–Kier alpha value is -8.29. The number of anilines is 3. The number of rotatable bonds is 40. The van der Waals surface area contributed by atoms with Gasteiger partial charge >= 0.3 is 11.4 Å². The van der Waals surface area contributed by atoms with E-state index < -0.39 is 40.7 Å². The van der Waals surface area contributed by atoms with Crippen molar-refractivity contribution in [2.24, 2.45) is 29.4 Å². The second-order valence-electron chi connectivity index (χ2n) is 25.0. The number of hydrogen-bond acceptors (Lipinski definition) is 16. The van der Waals surface area contributed by atoms with Crippen LogP contribution in [0.2, 0.25) is 0 Å². The SMILES string of the molecule is CN(CCOCCOCCON(C)C(=O)C1C[C@H](N=[N+]=[N-])CN1C(=O)c1ccc2c(=O)oc(=O)n(C)c2c1)C(=O)CCC12c3cc(NC(=O)CCCCCCCN)ccc3C(c3ccc(NC(=O)CCCCCCCN)cc31)c1ccc(NC(=O)CCCCCCCN)cc12. The Morgan fingerprint density at radius 1 is 0.632 bits per heavy atom. The number of amides is 6. The van der Waals surface area contributed by atoms with Crippen LogP contribution in [-0.4, -0.2) is 147 Å². The van der Waals surface area contributed by atoms with E-state index >= 15 is 0 Å². The number of fused-ring (bicyclic) bond motifs is 1. The summed E-state index contributed by atoms with van der Waals surface area (Å²) in [6.07, 6.45) is 15.5. The summed E-state index contributed by atoms with van der Waals surface area (Å²) >= 11 is 0. The first kappa shape index (κ1) is 72.5. The molecular formula is C70H95N13O12. The first-order valence-corrected chi connectivity index (χ1v) is 33.7. The first-order valence-electron chi connectivity index (χ1n) is 33.7. The number of azide groups is 1. The Morgan fingerprint density at radius 2 is 1.11 bits per heavy atom. The summed E-state index contributed by atoms with van der Waals surface area (Å²) in [6, 6.07) is 20.7. The molecule has 2 bridgehead atoms. The van der Waals surface area contributed by atoms with Gasteiger partial charge in [-0.2, -0.15) is 0 Å². The lowest BCUT2D eigenvalue weighted by Crippen LogP contribution is -2.46. The van der Waals surface area contributed by atoms with Crippen molar-refractivity contribution in [1.82, 2.24) is 19.4 Å². The average Bonchev–Trinajstić information content (AvgIpc) is 0.988. The molecule has 25 heteroatoms. The summed E-state index contributed by atoms with van der Waals surface area (Å²) in [7, 11) is 4.54. The summed E-state index contributed by atoms with van der Waals surface area (Å²) in [5, 5.41) is 14.4. The fourth-order valence-corrected chi connectivity index (χ4v) is 13.3. The van der Waals surface area contributed by atoms with E-state index in [4.69, 9.17) is 35.9 Å². The lowest BCUT2D eigenvalue weighted by Gasteiger charge is -2.51. The minimum Gasteiger partial charge on any atom is -0.377 e. The van der Waals surface area contributed by atoms with Crippen LogP contribution in [0, 0.1) is 0 Å². The van der Waals surface area contributed by atoms with Gasteiger partial charge in [0.15, 0.2) is 0 Å². The van der Waals surface area contributed by atoms with E-state index in [0.717, 1.165) is 139 Å². The van der Waals surface area contributed by atoms with Crippen LogP contribution in [-0.2, 0) is 50.7 Å². The van der Waals surface area contributed by atoms with Crippen LogP contribution in [0.5, 0.6) is 0 Å². The number of nitrogens with two attached hydrogens (primary N) is 3. The van der Waals surface area contributed by atoms with Crippen LogP contribution in [0.15, 0.2) is 91.9 Å². The van der Waals surface area contributed by atoms with Crippen molar-refractivity contribution in [3.05, 3.63) is 143 Å².